The fourth-order valence-electron chi connectivity index (χ4n) is 1.20. The molecule has 0 fully saturated rings. The first-order chi connectivity index (χ1) is 7.81. The van der Waals surface area contributed by atoms with Crippen LogP contribution in [0.25, 0.3) is 0 Å². The van der Waals surface area contributed by atoms with Crippen LogP contribution in [0, 0.1) is 0 Å². The smallest absolute Gasteiger partial charge is 0.412 e. The SMILES string of the molecule is [B]c1cc(OC)ccc1NC(=O)OC(C)(C)C. The minimum Gasteiger partial charge on any atom is -0.497 e. The molecule has 1 aromatic rings. The molecule has 0 aliphatic carbocycles. The molecule has 0 saturated heterocycles. The summed E-state index contributed by atoms with van der Waals surface area (Å²) in [5.74, 6) is 0.636. The third kappa shape index (κ3) is 4.38. The van der Waals surface area contributed by atoms with Crippen molar-refractivity contribution in [3.05, 3.63) is 18.2 Å². The number of hydrogen-bond donors (Lipinski definition) is 1. The van der Waals surface area contributed by atoms with E-state index in [1.807, 2.05) is 0 Å². The highest BCUT2D eigenvalue weighted by molar-refractivity contribution is 6.36. The van der Waals surface area contributed by atoms with E-state index in [0.29, 0.717) is 16.9 Å². The van der Waals surface area contributed by atoms with Crippen LogP contribution in [0.1, 0.15) is 20.8 Å². The Bertz CT molecular complexity index is 413. The number of nitrogens with one attached hydrogen (secondary N) is 1. The van der Waals surface area contributed by atoms with Gasteiger partial charge in [0.2, 0.25) is 0 Å². The van der Waals surface area contributed by atoms with Crippen molar-refractivity contribution in [3.63, 3.8) is 0 Å². The fraction of sp³-hybridized carbons (Fsp3) is 0.417. The lowest BCUT2D eigenvalue weighted by atomic mass is 9.94. The van der Waals surface area contributed by atoms with Gasteiger partial charge in [0.25, 0.3) is 0 Å². The molecule has 90 valence electrons. The molecule has 0 atom stereocenters. The van der Waals surface area contributed by atoms with Gasteiger partial charge in [0.15, 0.2) is 0 Å². The van der Waals surface area contributed by atoms with Crippen LogP contribution in [0.15, 0.2) is 18.2 Å². The lowest BCUT2D eigenvalue weighted by Gasteiger charge is -2.20. The van der Waals surface area contributed by atoms with Crippen molar-refractivity contribution in [2.45, 2.75) is 26.4 Å². The molecule has 0 saturated carbocycles. The molecule has 0 heterocycles. The molecule has 0 unspecified atom stereocenters. The molecule has 2 radical (unpaired) electrons. The van der Waals surface area contributed by atoms with Crippen LogP contribution in [0.5, 0.6) is 5.75 Å². The molecule has 5 heteroatoms. The minimum absolute atomic E-state index is 0.426. The van der Waals surface area contributed by atoms with E-state index in [2.05, 4.69) is 5.32 Å². The van der Waals surface area contributed by atoms with Gasteiger partial charge in [0.1, 0.15) is 19.2 Å². The van der Waals surface area contributed by atoms with Crippen LogP contribution in [-0.4, -0.2) is 26.7 Å². The van der Waals surface area contributed by atoms with Gasteiger partial charge >= 0.3 is 6.09 Å². The van der Waals surface area contributed by atoms with Crippen molar-refractivity contribution < 1.29 is 14.3 Å². The Kier molecular flexibility index (Phi) is 4.04. The van der Waals surface area contributed by atoms with Crippen molar-refractivity contribution >= 4 is 25.1 Å². The zero-order valence-corrected chi connectivity index (χ0v) is 10.5. The largest absolute Gasteiger partial charge is 0.497 e. The van der Waals surface area contributed by atoms with Crippen LogP contribution in [0.3, 0.4) is 0 Å². The predicted octanol–water partition coefficient (Wildman–Crippen LogP) is 1.84. The lowest BCUT2D eigenvalue weighted by molar-refractivity contribution is 0.0636. The van der Waals surface area contributed by atoms with E-state index in [4.69, 9.17) is 17.3 Å². The summed E-state index contributed by atoms with van der Waals surface area (Å²) in [4.78, 5) is 11.5. The fourth-order valence-corrected chi connectivity index (χ4v) is 1.20. The summed E-state index contributed by atoms with van der Waals surface area (Å²) in [6, 6.07) is 5.01. The van der Waals surface area contributed by atoms with Gasteiger partial charge in [-0.15, -0.1) is 0 Å². The maximum atomic E-state index is 11.5. The standard InChI is InChI=1S/C12H16BNO3/c1-12(2,3)17-11(15)14-10-6-5-8(16-4)7-9(10)13/h5-7H,1-4H3,(H,14,15). The second-order valence-corrected chi connectivity index (χ2v) is 4.58. The predicted molar refractivity (Wildman–Crippen MR) is 68.2 cm³/mol. The zero-order chi connectivity index (χ0) is 13.1. The summed E-state index contributed by atoms with van der Waals surface area (Å²) in [7, 11) is 7.31. The summed E-state index contributed by atoms with van der Waals surface area (Å²) < 4.78 is 10.1. The highest BCUT2D eigenvalue weighted by Gasteiger charge is 2.16. The average molecular weight is 233 g/mol. The van der Waals surface area contributed by atoms with Crippen LogP contribution in [0.2, 0.25) is 0 Å². The van der Waals surface area contributed by atoms with E-state index in [0.717, 1.165) is 0 Å². The Labute approximate surface area is 103 Å². The van der Waals surface area contributed by atoms with E-state index >= 15 is 0 Å². The van der Waals surface area contributed by atoms with Crippen LogP contribution in [0.4, 0.5) is 10.5 Å². The normalized spacial score (nSPS) is 10.8. The molecule has 1 aromatic carbocycles. The van der Waals surface area contributed by atoms with E-state index < -0.39 is 11.7 Å². The molecule has 0 bridgehead atoms. The van der Waals surface area contributed by atoms with Gasteiger partial charge in [-0.3, -0.25) is 5.32 Å². The van der Waals surface area contributed by atoms with Crippen molar-refractivity contribution in [2.24, 2.45) is 0 Å². The first-order valence-electron chi connectivity index (χ1n) is 5.25. The van der Waals surface area contributed by atoms with Crippen molar-refractivity contribution in [2.75, 3.05) is 12.4 Å². The third-order valence-electron chi connectivity index (χ3n) is 1.89. The summed E-state index contributed by atoms with van der Waals surface area (Å²) in [6.07, 6.45) is -0.533. The first kappa shape index (κ1) is 13.4. The average Bonchev–Trinajstić information content (AvgIpc) is 2.18. The number of anilines is 1. The quantitative estimate of drug-likeness (QED) is 0.792. The van der Waals surface area contributed by atoms with Gasteiger partial charge in [-0.1, -0.05) is 5.46 Å². The third-order valence-corrected chi connectivity index (χ3v) is 1.89. The van der Waals surface area contributed by atoms with Gasteiger partial charge < -0.3 is 9.47 Å². The Balaban J connectivity index is 2.72. The molecule has 1 rings (SSSR count). The number of ether oxygens (including phenoxy) is 2. The number of rotatable bonds is 2. The Morgan fingerprint density at radius 2 is 2.00 bits per heavy atom. The van der Waals surface area contributed by atoms with Crippen LogP contribution < -0.4 is 15.5 Å². The van der Waals surface area contributed by atoms with Gasteiger partial charge in [0.05, 0.1) is 7.11 Å². The minimum atomic E-state index is -0.536. The zero-order valence-electron chi connectivity index (χ0n) is 10.5. The Morgan fingerprint density at radius 3 is 2.47 bits per heavy atom. The second kappa shape index (κ2) is 5.12. The number of hydrogen-bond acceptors (Lipinski definition) is 3. The molecular weight excluding hydrogens is 217 g/mol. The Morgan fingerprint density at radius 1 is 1.35 bits per heavy atom. The van der Waals surface area contributed by atoms with Crippen molar-refractivity contribution in [1.29, 1.82) is 0 Å². The van der Waals surface area contributed by atoms with Gasteiger partial charge in [-0.2, -0.15) is 0 Å². The molecule has 4 nitrogen and oxygen atoms in total. The lowest BCUT2D eigenvalue weighted by Crippen LogP contribution is -2.28. The van der Waals surface area contributed by atoms with Crippen molar-refractivity contribution in [1.82, 2.24) is 0 Å². The topological polar surface area (TPSA) is 47.6 Å². The number of carbonyl (C=O) groups is 1. The number of methoxy groups -OCH3 is 1. The number of amides is 1. The molecule has 0 aliphatic rings. The van der Waals surface area contributed by atoms with Gasteiger partial charge in [0, 0.05) is 5.69 Å². The number of carbonyl (C=O) groups excluding carboxylic acids is 1. The molecule has 0 spiro atoms. The van der Waals surface area contributed by atoms with Crippen LogP contribution >= 0.6 is 0 Å². The van der Waals surface area contributed by atoms with E-state index in [-0.39, 0.29) is 0 Å². The summed E-state index contributed by atoms with van der Waals surface area (Å²) in [5.41, 5.74) is 0.390. The maximum absolute atomic E-state index is 11.5. The van der Waals surface area contributed by atoms with E-state index in [1.54, 1.807) is 46.1 Å². The highest BCUT2D eigenvalue weighted by atomic mass is 16.6. The molecule has 1 amide bonds. The second-order valence-electron chi connectivity index (χ2n) is 4.58. The molecule has 0 aromatic heterocycles. The summed E-state index contributed by atoms with van der Waals surface area (Å²) in [5, 5.41) is 2.58. The van der Waals surface area contributed by atoms with Crippen molar-refractivity contribution in [3.8, 4) is 5.75 Å². The van der Waals surface area contributed by atoms with Gasteiger partial charge in [-0.05, 0) is 39.0 Å². The molecular formula is C12H16BNO3. The summed E-state index contributed by atoms with van der Waals surface area (Å²) in [6.45, 7) is 5.39. The number of benzene rings is 1. The molecule has 17 heavy (non-hydrogen) atoms. The Hall–Kier alpha value is -1.65. The maximum Gasteiger partial charge on any atom is 0.412 e. The highest BCUT2D eigenvalue weighted by Crippen LogP contribution is 2.14. The van der Waals surface area contributed by atoms with Gasteiger partial charge in [-0.25, -0.2) is 4.79 Å². The molecule has 0 aliphatic heterocycles. The molecule has 1 N–H and O–H groups in total. The summed E-state index contributed by atoms with van der Waals surface area (Å²) >= 11 is 0. The van der Waals surface area contributed by atoms with E-state index in [9.17, 15) is 4.79 Å². The van der Waals surface area contributed by atoms with Crippen LogP contribution in [-0.2, 0) is 4.74 Å². The van der Waals surface area contributed by atoms with E-state index in [1.165, 1.54) is 0 Å². The monoisotopic (exact) mass is 233 g/mol. The first-order valence-corrected chi connectivity index (χ1v) is 5.25.